The van der Waals surface area contributed by atoms with Gasteiger partial charge in [-0.3, -0.25) is 4.79 Å². The van der Waals surface area contributed by atoms with E-state index in [1.165, 1.54) is 23.9 Å². The van der Waals surface area contributed by atoms with Crippen LogP contribution in [-0.2, 0) is 6.42 Å². The highest BCUT2D eigenvalue weighted by molar-refractivity contribution is 7.98. The number of hydrogen-bond donors (Lipinski definition) is 0. The van der Waals surface area contributed by atoms with E-state index in [1.54, 1.807) is 22.8 Å². The van der Waals surface area contributed by atoms with Gasteiger partial charge in [0.2, 0.25) is 5.16 Å². The lowest BCUT2D eigenvalue weighted by molar-refractivity contribution is 0.0962. The number of nitrogens with zero attached hydrogens (tertiary/aromatic N) is 4. The number of aromatic nitrogens is 4. The van der Waals surface area contributed by atoms with Crippen molar-refractivity contribution in [2.45, 2.75) is 23.9 Å². The average molecular weight is 328 g/mol. The molecule has 0 spiro atoms. The highest BCUT2D eigenvalue weighted by Crippen LogP contribution is 2.32. The molecule has 1 aromatic carbocycles. The molecule has 1 aliphatic rings. The third kappa shape index (κ3) is 2.50. The lowest BCUT2D eigenvalue weighted by Crippen LogP contribution is -2.21. The van der Waals surface area contributed by atoms with Crippen LogP contribution in [0.15, 0.2) is 35.6 Å². The molecule has 1 aliphatic carbocycles. The number of thioether (sulfide) groups is 1. The number of ketones is 1. The fraction of sp³-hybridized carbons (Fsp3) is 0.250. The number of carbonyl (C=O) groups excluding carboxylic acids is 1. The summed E-state index contributed by atoms with van der Waals surface area (Å²) in [5, 5.41) is 4.90. The average Bonchev–Trinajstić information content (AvgIpc) is 2.96. The standard InChI is InChI=1S/C16H13FN4OS/c1-23-16-19-15-18-13-6-10(9-2-4-11(17)5-3-9)7-14(22)12(13)8-21(15)20-16/h2-5,8,10H,6-7H2,1H3/t10-/m1/s1. The van der Waals surface area contributed by atoms with E-state index in [1.807, 2.05) is 6.26 Å². The highest BCUT2D eigenvalue weighted by Gasteiger charge is 2.28. The fourth-order valence-electron chi connectivity index (χ4n) is 2.92. The Hall–Kier alpha value is -2.28. The second-order valence-electron chi connectivity index (χ2n) is 5.52. The molecule has 0 N–H and O–H groups in total. The molecular weight excluding hydrogens is 315 g/mol. The molecular formula is C16H13FN4OS. The number of rotatable bonds is 2. The van der Waals surface area contributed by atoms with Crippen LogP contribution in [0.3, 0.4) is 0 Å². The van der Waals surface area contributed by atoms with Crippen LogP contribution < -0.4 is 0 Å². The first-order valence-electron chi connectivity index (χ1n) is 7.23. The largest absolute Gasteiger partial charge is 0.294 e. The number of halogens is 1. The van der Waals surface area contributed by atoms with Gasteiger partial charge in [-0.1, -0.05) is 23.9 Å². The van der Waals surface area contributed by atoms with Gasteiger partial charge in [0.05, 0.1) is 11.3 Å². The minimum atomic E-state index is -0.274. The summed E-state index contributed by atoms with van der Waals surface area (Å²) in [5.74, 6) is 0.287. The van der Waals surface area contributed by atoms with E-state index >= 15 is 0 Å². The molecule has 0 amide bonds. The second-order valence-corrected chi connectivity index (χ2v) is 6.30. The number of benzene rings is 1. The molecule has 0 aliphatic heterocycles. The van der Waals surface area contributed by atoms with Crippen LogP contribution in [0.1, 0.15) is 34.0 Å². The van der Waals surface area contributed by atoms with Crippen molar-refractivity contribution in [3.05, 3.63) is 53.1 Å². The van der Waals surface area contributed by atoms with Crippen molar-refractivity contribution in [1.29, 1.82) is 0 Å². The second kappa shape index (κ2) is 5.42. The Morgan fingerprint density at radius 3 is 2.74 bits per heavy atom. The van der Waals surface area contributed by atoms with Crippen LogP contribution in [0, 0.1) is 5.82 Å². The SMILES string of the molecule is CSc1nc2nc3c(cn2n1)C(=O)C[C@H](c1ccc(F)cc1)C3. The molecule has 1 atom stereocenters. The van der Waals surface area contributed by atoms with Crippen molar-refractivity contribution in [3.8, 4) is 0 Å². The lowest BCUT2D eigenvalue weighted by Gasteiger charge is -2.23. The summed E-state index contributed by atoms with van der Waals surface area (Å²) in [6, 6.07) is 6.32. The Kier molecular flexibility index (Phi) is 3.37. The maximum atomic E-state index is 13.1. The van der Waals surface area contributed by atoms with Crippen molar-refractivity contribution in [3.63, 3.8) is 0 Å². The molecule has 116 valence electrons. The maximum absolute atomic E-state index is 13.1. The Labute approximate surface area is 136 Å². The van der Waals surface area contributed by atoms with Gasteiger partial charge in [0.25, 0.3) is 5.78 Å². The zero-order chi connectivity index (χ0) is 16.0. The van der Waals surface area contributed by atoms with Crippen LogP contribution >= 0.6 is 11.8 Å². The van der Waals surface area contributed by atoms with E-state index in [4.69, 9.17) is 0 Å². The molecule has 7 heteroatoms. The summed E-state index contributed by atoms with van der Waals surface area (Å²) in [4.78, 5) is 21.3. The minimum Gasteiger partial charge on any atom is -0.294 e. The first kappa shape index (κ1) is 14.3. The molecule has 3 aromatic rings. The van der Waals surface area contributed by atoms with Gasteiger partial charge in [-0.05, 0) is 36.3 Å². The predicted octanol–water partition coefficient (Wildman–Crippen LogP) is 2.90. The van der Waals surface area contributed by atoms with E-state index < -0.39 is 0 Å². The molecule has 0 saturated carbocycles. The zero-order valence-electron chi connectivity index (χ0n) is 12.4. The minimum absolute atomic E-state index is 0.0218. The molecule has 5 nitrogen and oxygen atoms in total. The topological polar surface area (TPSA) is 60.1 Å². The third-order valence-electron chi connectivity index (χ3n) is 4.09. The van der Waals surface area contributed by atoms with Gasteiger partial charge in [-0.2, -0.15) is 4.98 Å². The summed E-state index contributed by atoms with van der Waals surface area (Å²) in [6.07, 6.45) is 4.65. The van der Waals surface area contributed by atoms with Gasteiger partial charge in [0, 0.05) is 12.6 Å². The van der Waals surface area contributed by atoms with E-state index in [0.29, 0.717) is 29.3 Å². The van der Waals surface area contributed by atoms with Crippen LogP contribution in [0.25, 0.3) is 5.78 Å². The van der Waals surface area contributed by atoms with Crippen molar-refractivity contribution < 1.29 is 9.18 Å². The number of fused-ring (bicyclic) bond motifs is 2. The smallest absolute Gasteiger partial charge is 0.253 e. The lowest BCUT2D eigenvalue weighted by atomic mass is 9.82. The van der Waals surface area contributed by atoms with Crippen LogP contribution in [0.4, 0.5) is 4.39 Å². The van der Waals surface area contributed by atoms with E-state index in [2.05, 4.69) is 15.1 Å². The molecule has 0 radical (unpaired) electrons. The number of carbonyl (C=O) groups is 1. The summed E-state index contributed by atoms with van der Waals surface area (Å²) in [6.45, 7) is 0. The summed E-state index contributed by atoms with van der Waals surface area (Å²) >= 11 is 1.43. The van der Waals surface area contributed by atoms with Crippen LogP contribution in [0.2, 0.25) is 0 Å². The normalized spacial score (nSPS) is 17.5. The third-order valence-corrected chi connectivity index (χ3v) is 4.63. The number of Topliss-reactive ketones (excluding diaryl/α,β-unsaturated/α-hetero) is 1. The van der Waals surface area contributed by atoms with Gasteiger partial charge in [0.15, 0.2) is 5.78 Å². The quantitative estimate of drug-likeness (QED) is 0.677. The molecule has 0 unspecified atom stereocenters. The van der Waals surface area contributed by atoms with Gasteiger partial charge in [0.1, 0.15) is 5.82 Å². The van der Waals surface area contributed by atoms with Gasteiger partial charge in [-0.15, -0.1) is 5.10 Å². The van der Waals surface area contributed by atoms with Gasteiger partial charge >= 0.3 is 0 Å². The first-order chi connectivity index (χ1) is 11.1. The Morgan fingerprint density at radius 2 is 2.00 bits per heavy atom. The first-order valence-corrected chi connectivity index (χ1v) is 8.45. The van der Waals surface area contributed by atoms with Crippen molar-refractivity contribution >= 4 is 23.3 Å². The Bertz CT molecular complexity index is 906. The zero-order valence-corrected chi connectivity index (χ0v) is 13.2. The van der Waals surface area contributed by atoms with Gasteiger partial charge < -0.3 is 0 Å². The summed E-state index contributed by atoms with van der Waals surface area (Å²) in [7, 11) is 0. The number of hydrogen-bond acceptors (Lipinski definition) is 5. The molecule has 0 saturated heterocycles. The van der Waals surface area contributed by atoms with E-state index in [9.17, 15) is 9.18 Å². The van der Waals surface area contributed by atoms with Crippen molar-refractivity contribution in [2.75, 3.05) is 6.26 Å². The Morgan fingerprint density at radius 1 is 1.22 bits per heavy atom. The summed E-state index contributed by atoms with van der Waals surface area (Å²) < 4.78 is 14.6. The molecule has 2 heterocycles. The van der Waals surface area contributed by atoms with Crippen LogP contribution in [0.5, 0.6) is 0 Å². The highest BCUT2D eigenvalue weighted by atomic mass is 32.2. The van der Waals surface area contributed by atoms with Crippen molar-refractivity contribution in [1.82, 2.24) is 19.6 Å². The fourth-order valence-corrected chi connectivity index (χ4v) is 3.26. The molecule has 0 fully saturated rings. The molecule has 2 aromatic heterocycles. The molecule has 0 bridgehead atoms. The van der Waals surface area contributed by atoms with Crippen LogP contribution in [-0.4, -0.2) is 31.6 Å². The van der Waals surface area contributed by atoms with E-state index in [0.717, 1.165) is 11.3 Å². The molecule has 4 rings (SSSR count). The predicted molar refractivity (Wildman–Crippen MR) is 84.4 cm³/mol. The monoisotopic (exact) mass is 328 g/mol. The maximum Gasteiger partial charge on any atom is 0.253 e. The van der Waals surface area contributed by atoms with Crippen molar-refractivity contribution in [2.24, 2.45) is 0 Å². The molecule has 23 heavy (non-hydrogen) atoms. The summed E-state index contributed by atoms with van der Waals surface area (Å²) in [5.41, 5.74) is 2.30. The van der Waals surface area contributed by atoms with Gasteiger partial charge in [-0.25, -0.2) is 13.9 Å². The Balaban J connectivity index is 1.75. The van der Waals surface area contributed by atoms with E-state index in [-0.39, 0.29) is 17.5 Å².